The number of rotatable bonds is 3. The van der Waals surface area contributed by atoms with Crippen LogP contribution in [0.1, 0.15) is 86.0 Å². The number of aliphatic hydroxyl groups excluding tert-OH is 1. The van der Waals surface area contributed by atoms with Crippen LogP contribution in [0.3, 0.4) is 0 Å². The Morgan fingerprint density at radius 3 is 2.38 bits per heavy atom. The number of carbonyl (C=O) groups is 2. The molecule has 0 saturated heterocycles. The molecule has 8 atom stereocenters. The predicted molar refractivity (Wildman–Crippen MR) is 109 cm³/mol. The van der Waals surface area contributed by atoms with Crippen LogP contribution >= 0.6 is 0 Å². The van der Waals surface area contributed by atoms with Gasteiger partial charge >= 0.3 is 11.9 Å². The third-order valence-corrected chi connectivity index (χ3v) is 9.76. The minimum atomic E-state index is -0.403. The molecule has 0 aromatic carbocycles. The number of hydrogen-bond acceptors (Lipinski definition) is 5. The second kappa shape index (κ2) is 6.70. The lowest BCUT2D eigenvalue weighted by Crippen LogP contribution is -2.65. The predicted octanol–water partition coefficient (Wildman–Crippen LogP) is 4.26. The van der Waals surface area contributed by atoms with Gasteiger partial charge in [-0.25, -0.2) is 0 Å². The van der Waals surface area contributed by atoms with E-state index in [-0.39, 0.29) is 45.6 Å². The van der Waals surface area contributed by atoms with Gasteiger partial charge in [0.1, 0.15) is 6.10 Å². The average molecular weight is 407 g/mol. The van der Waals surface area contributed by atoms with Gasteiger partial charge in [-0.15, -0.1) is 0 Å². The molecule has 164 valence electrons. The van der Waals surface area contributed by atoms with Crippen LogP contribution in [-0.4, -0.2) is 35.9 Å². The van der Waals surface area contributed by atoms with Gasteiger partial charge in [0.15, 0.2) is 0 Å². The van der Waals surface area contributed by atoms with Gasteiger partial charge in [-0.1, -0.05) is 27.2 Å². The van der Waals surface area contributed by atoms with Gasteiger partial charge in [0, 0.05) is 24.7 Å². The van der Waals surface area contributed by atoms with Crippen LogP contribution in [0.2, 0.25) is 0 Å². The maximum absolute atomic E-state index is 11.7. The summed E-state index contributed by atoms with van der Waals surface area (Å²) in [6, 6.07) is 0. The average Bonchev–Trinajstić information content (AvgIpc) is 2.93. The van der Waals surface area contributed by atoms with Crippen LogP contribution in [0.15, 0.2) is 0 Å². The molecule has 4 fully saturated rings. The molecule has 5 heteroatoms. The lowest BCUT2D eigenvalue weighted by molar-refractivity contribution is -0.239. The lowest BCUT2D eigenvalue weighted by atomic mass is 9.37. The van der Waals surface area contributed by atoms with Gasteiger partial charge in [-0.3, -0.25) is 9.59 Å². The number of fused-ring (bicyclic) bond motifs is 2. The Balaban J connectivity index is 1.71. The van der Waals surface area contributed by atoms with Crippen LogP contribution in [0.4, 0.5) is 0 Å². The second-order valence-electron chi connectivity index (χ2n) is 11.5. The van der Waals surface area contributed by atoms with Gasteiger partial charge in [-0.2, -0.15) is 0 Å². The fourth-order valence-corrected chi connectivity index (χ4v) is 8.71. The van der Waals surface area contributed by atoms with Gasteiger partial charge in [-0.05, 0) is 67.6 Å². The Morgan fingerprint density at radius 2 is 1.72 bits per heavy atom. The Labute approximate surface area is 174 Å². The lowest BCUT2D eigenvalue weighted by Gasteiger charge is -2.68. The number of esters is 2. The van der Waals surface area contributed by atoms with E-state index in [0.717, 1.165) is 51.4 Å². The molecule has 0 aliphatic heterocycles. The normalized spacial score (nSPS) is 51.0. The highest BCUT2D eigenvalue weighted by atomic mass is 16.5. The van der Waals surface area contributed by atoms with Crippen molar-refractivity contribution in [2.24, 2.45) is 33.5 Å². The molecule has 0 amide bonds. The quantitative estimate of drug-likeness (QED) is 0.709. The Morgan fingerprint density at radius 1 is 1.00 bits per heavy atom. The van der Waals surface area contributed by atoms with Gasteiger partial charge in [0.05, 0.1) is 12.7 Å². The molecule has 0 aromatic rings. The molecule has 1 spiro atoms. The van der Waals surface area contributed by atoms with Crippen LogP contribution in [0.5, 0.6) is 0 Å². The zero-order valence-corrected chi connectivity index (χ0v) is 18.8. The van der Waals surface area contributed by atoms with E-state index in [1.165, 1.54) is 13.8 Å². The van der Waals surface area contributed by atoms with Gasteiger partial charge in [0.25, 0.3) is 0 Å². The Bertz CT molecular complexity index is 705. The van der Waals surface area contributed by atoms with Crippen molar-refractivity contribution in [2.75, 3.05) is 6.61 Å². The van der Waals surface area contributed by atoms with E-state index < -0.39 is 6.10 Å². The summed E-state index contributed by atoms with van der Waals surface area (Å²) < 4.78 is 11.3. The molecule has 4 rings (SSSR count). The summed E-state index contributed by atoms with van der Waals surface area (Å²) in [5.41, 5.74) is 0.0346. The monoisotopic (exact) mass is 406 g/mol. The Hall–Kier alpha value is -1.10. The molecule has 4 aliphatic carbocycles. The Kier molecular flexibility index (Phi) is 4.88. The summed E-state index contributed by atoms with van der Waals surface area (Å²) in [6.45, 7) is 10.3. The second-order valence-corrected chi connectivity index (χ2v) is 11.5. The molecule has 0 heterocycles. The molecule has 2 bridgehead atoms. The number of hydrogen-bond donors (Lipinski definition) is 1. The van der Waals surface area contributed by atoms with E-state index in [1.807, 2.05) is 0 Å². The van der Waals surface area contributed by atoms with E-state index in [9.17, 15) is 14.7 Å². The molecule has 5 nitrogen and oxygen atoms in total. The molecular weight excluding hydrogens is 368 g/mol. The molecule has 1 N–H and O–H groups in total. The first kappa shape index (κ1) is 21.1. The third kappa shape index (κ3) is 2.97. The summed E-state index contributed by atoms with van der Waals surface area (Å²) in [5, 5.41) is 11.4. The number of ether oxygens (including phenoxy) is 2. The third-order valence-electron chi connectivity index (χ3n) is 9.76. The summed E-state index contributed by atoms with van der Waals surface area (Å²) in [4.78, 5) is 23.3. The first-order chi connectivity index (χ1) is 13.5. The standard InChI is InChI=1S/C24H38O5/c1-15(25)28-14-22(4)7-6-8-23(5)20(22)18(27)11-17-12-19(29-16(2)26)21(3)9-10-24(17,23)13-21/h17-20,27H,6-14H2,1-5H3/t17?,18-,19+,20?,21+,22+,23+,24+/m1/s1. The smallest absolute Gasteiger partial charge is 0.302 e. The molecule has 4 saturated carbocycles. The SMILES string of the molecule is CC(=O)OC[C@]1(C)CCC[C@@]2(C)C1[C@H](O)CC1C[C@H](OC(C)=O)[C@@]3(C)CC[C@]12C3. The largest absolute Gasteiger partial charge is 0.465 e. The minimum absolute atomic E-state index is 0.0153. The van der Waals surface area contributed by atoms with Gasteiger partial charge in [0.2, 0.25) is 0 Å². The van der Waals surface area contributed by atoms with Crippen LogP contribution in [0, 0.1) is 33.5 Å². The van der Waals surface area contributed by atoms with Crippen molar-refractivity contribution in [1.82, 2.24) is 0 Å². The highest BCUT2D eigenvalue weighted by Gasteiger charge is 2.72. The number of carbonyl (C=O) groups excluding carboxylic acids is 2. The molecule has 4 aliphatic rings. The molecule has 29 heavy (non-hydrogen) atoms. The fraction of sp³-hybridized carbons (Fsp3) is 0.917. The molecule has 0 aromatic heterocycles. The van der Waals surface area contributed by atoms with Crippen molar-refractivity contribution in [3.8, 4) is 0 Å². The number of aliphatic hydroxyl groups is 1. The highest BCUT2D eigenvalue weighted by molar-refractivity contribution is 5.66. The van der Waals surface area contributed by atoms with E-state index in [1.54, 1.807) is 0 Å². The van der Waals surface area contributed by atoms with Crippen molar-refractivity contribution >= 4 is 11.9 Å². The maximum atomic E-state index is 11.7. The molecular formula is C24H38O5. The topological polar surface area (TPSA) is 72.8 Å². The summed E-state index contributed by atoms with van der Waals surface area (Å²) in [6.07, 6.45) is 7.72. The highest BCUT2D eigenvalue weighted by Crippen LogP contribution is 2.76. The van der Waals surface area contributed by atoms with Crippen LogP contribution in [0.25, 0.3) is 0 Å². The first-order valence-electron chi connectivity index (χ1n) is 11.4. The van der Waals surface area contributed by atoms with E-state index in [0.29, 0.717) is 12.5 Å². The first-order valence-corrected chi connectivity index (χ1v) is 11.4. The van der Waals surface area contributed by atoms with Crippen molar-refractivity contribution in [1.29, 1.82) is 0 Å². The van der Waals surface area contributed by atoms with Crippen LogP contribution in [-0.2, 0) is 19.1 Å². The van der Waals surface area contributed by atoms with E-state index in [2.05, 4.69) is 20.8 Å². The van der Waals surface area contributed by atoms with Crippen molar-refractivity contribution in [2.45, 2.75) is 98.2 Å². The maximum Gasteiger partial charge on any atom is 0.302 e. The zero-order valence-electron chi connectivity index (χ0n) is 18.8. The summed E-state index contributed by atoms with van der Waals surface area (Å²) in [7, 11) is 0. The van der Waals surface area contributed by atoms with E-state index in [4.69, 9.17) is 9.47 Å². The van der Waals surface area contributed by atoms with Crippen LogP contribution < -0.4 is 0 Å². The summed E-state index contributed by atoms with van der Waals surface area (Å²) in [5.74, 6) is 0.0830. The molecule has 2 unspecified atom stereocenters. The van der Waals surface area contributed by atoms with Crippen molar-refractivity contribution in [3.05, 3.63) is 0 Å². The van der Waals surface area contributed by atoms with Gasteiger partial charge < -0.3 is 14.6 Å². The van der Waals surface area contributed by atoms with Crippen molar-refractivity contribution < 1.29 is 24.2 Å². The molecule has 0 radical (unpaired) electrons. The fourth-order valence-electron chi connectivity index (χ4n) is 8.71. The van der Waals surface area contributed by atoms with E-state index >= 15 is 0 Å². The zero-order chi connectivity index (χ0) is 21.2. The summed E-state index contributed by atoms with van der Waals surface area (Å²) >= 11 is 0. The van der Waals surface area contributed by atoms with Crippen molar-refractivity contribution in [3.63, 3.8) is 0 Å². The minimum Gasteiger partial charge on any atom is -0.465 e.